The van der Waals surface area contributed by atoms with Crippen molar-refractivity contribution < 1.29 is 4.79 Å². The van der Waals surface area contributed by atoms with Gasteiger partial charge in [0.2, 0.25) is 5.91 Å². The molecule has 0 saturated carbocycles. The summed E-state index contributed by atoms with van der Waals surface area (Å²) in [5.74, 6) is 1.45. The molecule has 3 heterocycles. The van der Waals surface area contributed by atoms with Crippen LogP contribution in [0.4, 0.5) is 5.82 Å². The quantitative estimate of drug-likeness (QED) is 0.834. The molecule has 2 aliphatic heterocycles. The van der Waals surface area contributed by atoms with Gasteiger partial charge in [0.25, 0.3) is 0 Å². The fraction of sp³-hybridized carbons (Fsp3) is 0.476. The summed E-state index contributed by atoms with van der Waals surface area (Å²) in [5.41, 5.74) is 2.04. The van der Waals surface area contributed by atoms with Gasteiger partial charge in [-0.05, 0) is 19.9 Å². The molecule has 0 aliphatic carbocycles. The third-order valence-corrected chi connectivity index (χ3v) is 5.71. The molecule has 6 heteroatoms. The van der Waals surface area contributed by atoms with Crippen molar-refractivity contribution in [1.82, 2.24) is 19.8 Å². The molecule has 0 atom stereocenters. The van der Waals surface area contributed by atoms with Crippen molar-refractivity contribution in [3.8, 4) is 11.3 Å². The Morgan fingerprint density at radius 2 is 1.67 bits per heavy atom. The lowest BCUT2D eigenvalue weighted by Crippen LogP contribution is -2.50. The number of carbonyl (C=O) groups excluding carboxylic acids is 1. The molecule has 1 aromatic heterocycles. The second-order valence-electron chi connectivity index (χ2n) is 7.52. The highest BCUT2D eigenvalue weighted by atomic mass is 16.2. The Hall–Kier alpha value is -2.47. The van der Waals surface area contributed by atoms with Crippen LogP contribution in [0.2, 0.25) is 0 Å². The third-order valence-electron chi connectivity index (χ3n) is 5.71. The lowest BCUT2D eigenvalue weighted by atomic mass is 9.95. The first-order valence-corrected chi connectivity index (χ1v) is 9.80. The van der Waals surface area contributed by atoms with Crippen LogP contribution in [0.15, 0.2) is 42.7 Å². The van der Waals surface area contributed by atoms with Crippen LogP contribution in [-0.4, -0.2) is 72.0 Å². The molecule has 0 N–H and O–H groups in total. The molecule has 4 rings (SSSR count). The predicted molar refractivity (Wildman–Crippen MR) is 106 cm³/mol. The molecule has 0 spiro atoms. The number of hydrogen-bond donors (Lipinski definition) is 0. The zero-order chi connectivity index (χ0) is 18.6. The van der Waals surface area contributed by atoms with E-state index in [0.717, 1.165) is 69.2 Å². The number of piperidine rings is 1. The summed E-state index contributed by atoms with van der Waals surface area (Å²) in [5, 5.41) is 0. The molecule has 2 saturated heterocycles. The standard InChI is InChI=1S/C21H27N5O/c1-24-11-13-26(14-12-24)21(27)18-7-9-25(10-8-18)20-15-19(22-16-23-20)17-5-3-2-4-6-17/h2-6,15-16,18H,7-14H2,1H3. The minimum atomic E-state index is 0.153. The SMILES string of the molecule is CN1CCN(C(=O)C2CCN(c3cc(-c4ccccc4)ncn3)CC2)CC1. The monoisotopic (exact) mass is 365 g/mol. The third kappa shape index (κ3) is 4.11. The number of hydrogen-bond acceptors (Lipinski definition) is 5. The fourth-order valence-corrected chi connectivity index (χ4v) is 3.93. The second kappa shape index (κ2) is 8.05. The van der Waals surface area contributed by atoms with Crippen LogP contribution in [0.1, 0.15) is 12.8 Å². The second-order valence-corrected chi connectivity index (χ2v) is 7.52. The normalized spacial score (nSPS) is 19.3. The van der Waals surface area contributed by atoms with Gasteiger partial charge in [-0.2, -0.15) is 0 Å². The predicted octanol–water partition coefficient (Wildman–Crippen LogP) is 2.13. The molecular formula is C21H27N5O. The molecule has 1 aromatic carbocycles. The van der Waals surface area contributed by atoms with Crippen molar-refractivity contribution in [3.05, 3.63) is 42.7 Å². The highest BCUT2D eigenvalue weighted by Crippen LogP contribution is 2.26. The zero-order valence-corrected chi connectivity index (χ0v) is 15.9. The van der Waals surface area contributed by atoms with Crippen LogP contribution in [-0.2, 0) is 4.79 Å². The molecular weight excluding hydrogens is 338 g/mol. The lowest BCUT2D eigenvalue weighted by Gasteiger charge is -2.37. The van der Waals surface area contributed by atoms with E-state index in [0.29, 0.717) is 5.91 Å². The summed E-state index contributed by atoms with van der Waals surface area (Å²) in [6.45, 7) is 5.43. The number of rotatable bonds is 3. The van der Waals surface area contributed by atoms with E-state index in [4.69, 9.17) is 0 Å². The fourth-order valence-electron chi connectivity index (χ4n) is 3.93. The number of piperazine rings is 1. The van der Waals surface area contributed by atoms with E-state index >= 15 is 0 Å². The summed E-state index contributed by atoms with van der Waals surface area (Å²) in [4.78, 5) is 28.3. The van der Waals surface area contributed by atoms with Crippen molar-refractivity contribution in [3.63, 3.8) is 0 Å². The average molecular weight is 365 g/mol. The molecule has 1 amide bonds. The van der Waals surface area contributed by atoms with E-state index < -0.39 is 0 Å². The van der Waals surface area contributed by atoms with Crippen LogP contribution < -0.4 is 4.90 Å². The van der Waals surface area contributed by atoms with E-state index in [2.05, 4.69) is 49.9 Å². The molecule has 142 valence electrons. The topological polar surface area (TPSA) is 52.6 Å². The molecule has 0 unspecified atom stereocenters. The van der Waals surface area contributed by atoms with Gasteiger partial charge in [0.1, 0.15) is 12.1 Å². The summed E-state index contributed by atoms with van der Waals surface area (Å²) in [6, 6.07) is 12.2. The Kier molecular flexibility index (Phi) is 5.34. The number of anilines is 1. The molecule has 0 bridgehead atoms. The smallest absolute Gasteiger partial charge is 0.225 e. The first kappa shape index (κ1) is 17.9. The first-order valence-electron chi connectivity index (χ1n) is 9.80. The number of nitrogens with zero attached hydrogens (tertiary/aromatic N) is 5. The van der Waals surface area contributed by atoms with Crippen molar-refractivity contribution in [1.29, 1.82) is 0 Å². The molecule has 2 fully saturated rings. The Morgan fingerprint density at radius 1 is 0.963 bits per heavy atom. The van der Waals surface area contributed by atoms with Gasteiger partial charge in [0, 0.05) is 56.8 Å². The van der Waals surface area contributed by atoms with E-state index in [1.54, 1.807) is 6.33 Å². The number of aromatic nitrogens is 2. The van der Waals surface area contributed by atoms with Gasteiger partial charge in [-0.3, -0.25) is 4.79 Å². The van der Waals surface area contributed by atoms with E-state index in [1.165, 1.54) is 0 Å². The Labute approximate surface area is 160 Å². The van der Waals surface area contributed by atoms with Gasteiger partial charge in [-0.1, -0.05) is 30.3 Å². The molecule has 0 radical (unpaired) electrons. The summed E-state index contributed by atoms with van der Waals surface area (Å²) in [6.07, 6.45) is 3.44. The van der Waals surface area contributed by atoms with E-state index in [1.807, 2.05) is 18.2 Å². The maximum atomic E-state index is 12.8. The van der Waals surface area contributed by atoms with Gasteiger partial charge in [0.15, 0.2) is 0 Å². The van der Waals surface area contributed by atoms with Gasteiger partial charge >= 0.3 is 0 Å². The van der Waals surface area contributed by atoms with Crippen molar-refractivity contribution in [2.75, 3.05) is 51.2 Å². The summed E-state index contributed by atoms with van der Waals surface area (Å²) in [7, 11) is 2.12. The first-order chi connectivity index (χ1) is 13.2. The van der Waals surface area contributed by atoms with E-state index in [-0.39, 0.29) is 5.92 Å². The van der Waals surface area contributed by atoms with Gasteiger partial charge < -0.3 is 14.7 Å². The van der Waals surface area contributed by atoms with Crippen LogP contribution >= 0.6 is 0 Å². The zero-order valence-electron chi connectivity index (χ0n) is 15.9. The summed E-state index contributed by atoms with van der Waals surface area (Å²) >= 11 is 0. The number of carbonyl (C=O) groups is 1. The maximum absolute atomic E-state index is 12.8. The van der Waals surface area contributed by atoms with Gasteiger partial charge in [0.05, 0.1) is 5.69 Å². The number of benzene rings is 1. The van der Waals surface area contributed by atoms with Crippen LogP contribution in [0.3, 0.4) is 0 Å². The van der Waals surface area contributed by atoms with Crippen molar-refractivity contribution in [2.24, 2.45) is 5.92 Å². The molecule has 6 nitrogen and oxygen atoms in total. The Balaban J connectivity index is 1.37. The highest BCUT2D eigenvalue weighted by Gasteiger charge is 2.30. The molecule has 2 aliphatic rings. The maximum Gasteiger partial charge on any atom is 0.225 e. The number of amides is 1. The van der Waals surface area contributed by atoms with Gasteiger partial charge in [-0.25, -0.2) is 9.97 Å². The summed E-state index contributed by atoms with van der Waals surface area (Å²) < 4.78 is 0. The molecule has 27 heavy (non-hydrogen) atoms. The average Bonchev–Trinajstić information content (AvgIpc) is 2.75. The largest absolute Gasteiger partial charge is 0.356 e. The minimum absolute atomic E-state index is 0.153. The lowest BCUT2D eigenvalue weighted by molar-refractivity contribution is -0.137. The van der Waals surface area contributed by atoms with Crippen LogP contribution in [0.5, 0.6) is 0 Å². The molecule has 2 aromatic rings. The number of likely N-dealkylation sites (N-methyl/N-ethyl adjacent to an activating group) is 1. The van der Waals surface area contributed by atoms with Crippen LogP contribution in [0.25, 0.3) is 11.3 Å². The Bertz CT molecular complexity index is 765. The van der Waals surface area contributed by atoms with Crippen molar-refractivity contribution in [2.45, 2.75) is 12.8 Å². The van der Waals surface area contributed by atoms with Gasteiger partial charge in [-0.15, -0.1) is 0 Å². The highest BCUT2D eigenvalue weighted by molar-refractivity contribution is 5.79. The Morgan fingerprint density at radius 3 is 2.37 bits per heavy atom. The van der Waals surface area contributed by atoms with Crippen LogP contribution in [0, 0.1) is 5.92 Å². The van der Waals surface area contributed by atoms with E-state index in [9.17, 15) is 4.79 Å². The van der Waals surface area contributed by atoms with Crippen molar-refractivity contribution >= 4 is 11.7 Å². The minimum Gasteiger partial charge on any atom is -0.356 e.